The third-order valence-corrected chi connectivity index (χ3v) is 3.57. The lowest BCUT2D eigenvalue weighted by Crippen LogP contribution is -2.20. The van der Waals surface area contributed by atoms with Crippen LogP contribution in [0.15, 0.2) is 48.5 Å². The molecular formula is C19H21NO3. The summed E-state index contributed by atoms with van der Waals surface area (Å²) in [6.45, 7) is 2.53. The normalized spacial score (nSPS) is 10.6. The molecule has 0 aliphatic heterocycles. The molecule has 0 radical (unpaired) electrons. The van der Waals surface area contributed by atoms with Crippen LogP contribution in [0.3, 0.4) is 0 Å². The van der Waals surface area contributed by atoms with Gasteiger partial charge in [-0.15, -0.1) is 0 Å². The average Bonchev–Trinajstić information content (AvgIpc) is 2.58. The lowest BCUT2D eigenvalue weighted by atomic mass is 10.1. The fourth-order valence-electron chi connectivity index (χ4n) is 2.18. The Morgan fingerprint density at radius 2 is 1.91 bits per heavy atom. The van der Waals surface area contributed by atoms with Crippen LogP contribution in [0.1, 0.15) is 16.7 Å². The molecule has 4 nitrogen and oxygen atoms in total. The summed E-state index contributed by atoms with van der Waals surface area (Å²) < 4.78 is 10.5. The number of hydrogen-bond acceptors (Lipinski definition) is 3. The van der Waals surface area contributed by atoms with E-state index in [1.807, 2.05) is 49.4 Å². The van der Waals surface area contributed by atoms with Crippen molar-refractivity contribution in [1.29, 1.82) is 0 Å². The number of carbonyl (C=O) groups is 1. The molecule has 0 aromatic heterocycles. The van der Waals surface area contributed by atoms with Gasteiger partial charge in [0.05, 0.1) is 14.2 Å². The molecule has 120 valence electrons. The van der Waals surface area contributed by atoms with Crippen LogP contribution in [-0.2, 0) is 11.3 Å². The molecule has 0 atom stereocenters. The van der Waals surface area contributed by atoms with Crippen LogP contribution in [0.25, 0.3) is 6.08 Å². The van der Waals surface area contributed by atoms with Gasteiger partial charge >= 0.3 is 0 Å². The van der Waals surface area contributed by atoms with E-state index in [0.29, 0.717) is 18.0 Å². The van der Waals surface area contributed by atoms with E-state index in [1.165, 1.54) is 6.08 Å². The summed E-state index contributed by atoms with van der Waals surface area (Å²) in [7, 11) is 3.20. The minimum Gasteiger partial charge on any atom is -0.497 e. The molecule has 0 saturated carbocycles. The van der Waals surface area contributed by atoms with Gasteiger partial charge in [0.1, 0.15) is 11.5 Å². The Kier molecular flexibility index (Phi) is 5.80. The van der Waals surface area contributed by atoms with Gasteiger partial charge in [-0.05, 0) is 42.3 Å². The number of methoxy groups -OCH3 is 2. The molecule has 0 bridgehead atoms. The van der Waals surface area contributed by atoms with Crippen molar-refractivity contribution < 1.29 is 14.3 Å². The predicted octanol–water partition coefficient (Wildman–Crippen LogP) is 3.34. The number of benzene rings is 2. The molecule has 23 heavy (non-hydrogen) atoms. The summed E-state index contributed by atoms with van der Waals surface area (Å²) in [6, 6.07) is 13.4. The second kappa shape index (κ2) is 8.03. The number of aryl methyl sites for hydroxylation is 1. The highest BCUT2D eigenvalue weighted by atomic mass is 16.5. The maximum Gasteiger partial charge on any atom is 0.244 e. The van der Waals surface area contributed by atoms with Crippen molar-refractivity contribution in [2.45, 2.75) is 13.5 Å². The highest BCUT2D eigenvalue weighted by Crippen LogP contribution is 2.24. The zero-order valence-corrected chi connectivity index (χ0v) is 13.6. The van der Waals surface area contributed by atoms with Crippen LogP contribution in [0.5, 0.6) is 11.5 Å². The fraction of sp³-hybridized carbons (Fsp3) is 0.211. The Bertz CT molecular complexity index is 708. The highest BCUT2D eigenvalue weighted by Gasteiger charge is 2.03. The Labute approximate surface area is 136 Å². The largest absolute Gasteiger partial charge is 0.497 e. The third-order valence-electron chi connectivity index (χ3n) is 3.57. The molecule has 2 aromatic rings. The zero-order chi connectivity index (χ0) is 16.7. The molecular weight excluding hydrogens is 290 g/mol. The van der Waals surface area contributed by atoms with Crippen LogP contribution >= 0.6 is 0 Å². The molecule has 0 saturated heterocycles. The number of rotatable bonds is 6. The van der Waals surface area contributed by atoms with E-state index >= 15 is 0 Å². The first kappa shape index (κ1) is 16.6. The summed E-state index contributed by atoms with van der Waals surface area (Å²) >= 11 is 0. The van der Waals surface area contributed by atoms with Gasteiger partial charge in [0.25, 0.3) is 0 Å². The molecule has 2 rings (SSSR count). The van der Waals surface area contributed by atoms with Crippen LogP contribution in [0, 0.1) is 6.92 Å². The maximum absolute atomic E-state index is 12.0. The van der Waals surface area contributed by atoms with Gasteiger partial charge in [-0.1, -0.05) is 24.3 Å². The smallest absolute Gasteiger partial charge is 0.244 e. The van der Waals surface area contributed by atoms with E-state index in [2.05, 4.69) is 5.32 Å². The maximum atomic E-state index is 12.0. The molecule has 0 fully saturated rings. The van der Waals surface area contributed by atoms with Crippen LogP contribution < -0.4 is 14.8 Å². The monoisotopic (exact) mass is 311 g/mol. The van der Waals surface area contributed by atoms with Gasteiger partial charge in [-0.25, -0.2) is 0 Å². The highest BCUT2D eigenvalue weighted by molar-refractivity contribution is 5.92. The van der Waals surface area contributed by atoms with Crippen molar-refractivity contribution in [3.63, 3.8) is 0 Å². The Morgan fingerprint density at radius 3 is 2.61 bits per heavy atom. The van der Waals surface area contributed by atoms with E-state index in [9.17, 15) is 4.79 Å². The summed E-state index contributed by atoms with van der Waals surface area (Å²) in [5, 5.41) is 2.88. The van der Waals surface area contributed by atoms with E-state index in [1.54, 1.807) is 20.3 Å². The molecule has 0 aliphatic rings. The number of nitrogens with one attached hydrogen (secondary N) is 1. The fourth-order valence-corrected chi connectivity index (χ4v) is 2.18. The van der Waals surface area contributed by atoms with Crippen LogP contribution in [-0.4, -0.2) is 20.1 Å². The zero-order valence-electron chi connectivity index (χ0n) is 13.6. The van der Waals surface area contributed by atoms with E-state index in [0.717, 1.165) is 16.7 Å². The van der Waals surface area contributed by atoms with E-state index in [-0.39, 0.29) is 5.91 Å². The third kappa shape index (κ3) is 4.61. The Morgan fingerprint density at radius 1 is 1.13 bits per heavy atom. The minimum absolute atomic E-state index is 0.155. The number of hydrogen-bond donors (Lipinski definition) is 1. The Hall–Kier alpha value is -2.75. The van der Waals surface area contributed by atoms with Gasteiger partial charge in [0, 0.05) is 18.2 Å². The summed E-state index contributed by atoms with van der Waals surface area (Å²) in [5.74, 6) is 1.25. The standard InChI is InChI=1S/C19H21NO3/c1-14-6-4-5-7-16(14)13-20-19(21)11-8-15-12-17(22-2)9-10-18(15)23-3/h4-12H,13H2,1-3H3,(H,20,21)/b11-8+. The quantitative estimate of drug-likeness (QED) is 0.832. The van der Waals surface area contributed by atoms with Crippen LogP contribution in [0.2, 0.25) is 0 Å². The van der Waals surface area contributed by atoms with E-state index in [4.69, 9.17) is 9.47 Å². The Balaban J connectivity index is 2.02. The van der Waals surface area contributed by atoms with Crippen molar-refractivity contribution in [1.82, 2.24) is 5.32 Å². The van der Waals surface area contributed by atoms with Gasteiger partial charge in [0.2, 0.25) is 5.91 Å². The van der Waals surface area contributed by atoms with Gasteiger partial charge in [-0.3, -0.25) is 4.79 Å². The molecule has 2 aromatic carbocycles. The molecule has 0 aliphatic carbocycles. The van der Waals surface area contributed by atoms with Crippen molar-refractivity contribution in [2.75, 3.05) is 14.2 Å². The molecule has 4 heteroatoms. The van der Waals surface area contributed by atoms with Crippen molar-refractivity contribution in [3.05, 3.63) is 65.2 Å². The average molecular weight is 311 g/mol. The number of carbonyl (C=O) groups excluding carboxylic acids is 1. The first-order chi connectivity index (χ1) is 11.1. The predicted molar refractivity (Wildman–Crippen MR) is 91.6 cm³/mol. The lowest BCUT2D eigenvalue weighted by molar-refractivity contribution is -0.116. The van der Waals surface area contributed by atoms with Crippen molar-refractivity contribution >= 4 is 12.0 Å². The summed E-state index contributed by atoms with van der Waals surface area (Å²) in [5.41, 5.74) is 3.05. The second-order valence-electron chi connectivity index (χ2n) is 5.09. The van der Waals surface area contributed by atoms with Gasteiger partial charge in [-0.2, -0.15) is 0 Å². The molecule has 1 amide bonds. The SMILES string of the molecule is COc1ccc(OC)c(/C=C/C(=O)NCc2ccccc2C)c1. The minimum atomic E-state index is -0.155. The lowest BCUT2D eigenvalue weighted by Gasteiger charge is -2.08. The summed E-state index contributed by atoms with van der Waals surface area (Å²) in [4.78, 5) is 12.0. The molecule has 0 unspecified atom stereocenters. The van der Waals surface area contributed by atoms with E-state index < -0.39 is 0 Å². The molecule has 0 heterocycles. The molecule has 1 N–H and O–H groups in total. The first-order valence-corrected chi connectivity index (χ1v) is 7.36. The van der Waals surface area contributed by atoms with Crippen LogP contribution in [0.4, 0.5) is 0 Å². The van der Waals surface area contributed by atoms with Gasteiger partial charge < -0.3 is 14.8 Å². The number of ether oxygens (including phenoxy) is 2. The second-order valence-corrected chi connectivity index (χ2v) is 5.09. The first-order valence-electron chi connectivity index (χ1n) is 7.36. The van der Waals surface area contributed by atoms with Gasteiger partial charge in [0.15, 0.2) is 0 Å². The molecule has 0 spiro atoms. The van der Waals surface area contributed by atoms with Crippen molar-refractivity contribution in [3.8, 4) is 11.5 Å². The number of amides is 1. The van der Waals surface area contributed by atoms with Crippen molar-refractivity contribution in [2.24, 2.45) is 0 Å². The topological polar surface area (TPSA) is 47.6 Å². The summed E-state index contributed by atoms with van der Waals surface area (Å²) in [6.07, 6.45) is 3.21.